The summed E-state index contributed by atoms with van der Waals surface area (Å²) in [6.45, 7) is 0.334. The van der Waals surface area contributed by atoms with E-state index in [1.165, 1.54) is 6.07 Å². The Morgan fingerprint density at radius 3 is 2.52 bits per heavy atom. The summed E-state index contributed by atoms with van der Waals surface area (Å²) in [4.78, 5) is 0. The van der Waals surface area contributed by atoms with Crippen LogP contribution in [-0.2, 0) is 22.3 Å². The maximum atomic E-state index is 13.2. The predicted octanol–water partition coefficient (Wildman–Crippen LogP) is 2.88. The molecular weight excluding hydrogens is 315 g/mol. The second kappa shape index (κ2) is 6.43. The SMILES string of the molecule is NCc1cccc(CS(=O)(=O)Nc2cc(F)cc(Cl)c2)c1. The number of nitrogens with two attached hydrogens (primary N) is 1. The van der Waals surface area contributed by atoms with E-state index in [0.717, 1.165) is 17.7 Å². The van der Waals surface area contributed by atoms with E-state index in [-0.39, 0.29) is 16.5 Å². The van der Waals surface area contributed by atoms with Gasteiger partial charge in [0.2, 0.25) is 10.0 Å². The van der Waals surface area contributed by atoms with Crippen LogP contribution in [0, 0.1) is 5.82 Å². The van der Waals surface area contributed by atoms with Crippen molar-refractivity contribution < 1.29 is 12.8 Å². The molecule has 0 amide bonds. The Hall–Kier alpha value is -1.63. The third-order valence-electron chi connectivity index (χ3n) is 2.72. The summed E-state index contributed by atoms with van der Waals surface area (Å²) in [6.07, 6.45) is 0. The maximum absolute atomic E-state index is 13.2. The van der Waals surface area contributed by atoms with Gasteiger partial charge in [-0.25, -0.2) is 12.8 Å². The van der Waals surface area contributed by atoms with Gasteiger partial charge in [0.05, 0.1) is 11.4 Å². The summed E-state index contributed by atoms with van der Waals surface area (Å²) in [5.41, 5.74) is 7.06. The first kappa shape index (κ1) is 15.8. The Labute approximate surface area is 127 Å². The fraction of sp³-hybridized carbons (Fsp3) is 0.143. The Morgan fingerprint density at radius 2 is 1.86 bits per heavy atom. The molecule has 0 aliphatic carbocycles. The van der Waals surface area contributed by atoms with Gasteiger partial charge in [0.25, 0.3) is 0 Å². The van der Waals surface area contributed by atoms with E-state index in [1.807, 2.05) is 6.07 Å². The second-order valence-electron chi connectivity index (χ2n) is 4.54. The standard InChI is InChI=1S/C14H14ClFN2O2S/c15-12-5-13(16)7-14(6-12)18-21(19,20)9-11-3-1-2-10(4-11)8-17/h1-7,18H,8-9,17H2. The smallest absolute Gasteiger partial charge is 0.236 e. The van der Waals surface area contributed by atoms with Gasteiger partial charge in [0, 0.05) is 11.6 Å². The topological polar surface area (TPSA) is 72.2 Å². The number of sulfonamides is 1. The fourth-order valence-electron chi connectivity index (χ4n) is 1.89. The zero-order valence-corrected chi connectivity index (χ0v) is 12.6. The zero-order valence-electron chi connectivity index (χ0n) is 11.0. The van der Waals surface area contributed by atoms with E-state index in [1.54, 1.807) is 18.2 Å². The fourth-order valence-corrected chi connectivity index (χ4v) is 3.28. The summed E-state index contributed by atoms with van der Waals surface area (Å²) < 4.78 is 39.7. The molecule has 0 aliphatic rings. The number of hydrogen-bond donors (Lipinski definition) is 2. The van der Waals surface area contributed by atoms with Crippen molar-refractivity contribution in [1.82, 2.24) is 0 Å². The van der Waals surface area contributed by atoms with Crippen LogP contribution in [0.2, 0.25) is 5.02 Å². The molecule has 0 spiro atoms. The van der Waals surface area contributed by atoms with Gasteiger partial charge in [-0.3, -0.25) is 4.72 Å². The van der Waals surface area contributed by atoms with Crippen molar-refractivity contribution in [2.45, 2.75) is 12.3 Å². The number of hydrogen-bond acceptors (Lipinski definition) is 3. The minimum Gasteiger partial charge on any atom is -0.326 e. The van der Waals surface area contributed by atoms with Gasteiger partial charge >= 0.3 is 0 Å². The Kier molecular flexibility index (Phi) is 4.82. The van der Waals surface area contributed by atoms with Gasteiger partial charge < -0.3 is 5.73 Å². The molecule has 0 fully saturated rings. The molecule has 0 radical (unpaired) electrons. The van der Waals surface area contributed by atoms with Crippen LogP contribution in [-0.4, -0.2) is 8.42 Å². The number of anilines is 1. The summed E-state index contributed by atoms with van der Waals surface area (Å²) in [6, 6.07) is 10.5. The molecule has 21 heavy (non-hydrogen) atoms. The molecule has 0 aromatic heterocycles. The van der Waals surface area contributed by atoms with Crippen LogP contribution >= 0.6 is 11.6 Å². The lowest BCUT2D eigenvalue weighted by molar-refractivity contribution is 0.600. The summed E-state index contributed by atoms with van der Waals surface area (Å²) in [5.74, 6) is -0.833. The average molecular weight is 329 g/mol. The summed E-state index contributed by atoms with van der Waals surface area (Å²) >= 11 is 5.69. The van der Waals surface area contributed by atoms with Crippen molar-refractivity contribution in [3.05, 3.63) is 64.4 Å². The zero-order chi connectivity index (χ0) is 15.5. The van der Waals surface area contributed by atoms with Crippen LogP contribution in [0.5, 0.6) is 0 Å². The predicted molar refractivity (Wildman–Crippen MR) is 82.0 cm³/mol. The van der Waals surface area contributed by atoms with E-state index in [4.69, 9.17) is 17.3 Å². The number of rotatable bonds is 5. The van der Waals surface area contributed by atoms with Crippen LogP contribution in [0.15, 0.2) is 42.5 Å². The third kappa shape index (κ3) is 4.70. The van der Waals surface area contributed by atoms with Crippen LogP contribution in [0.1, 0.15) is 11.1 Å². The molecule has 0 saturated carbocycles. The molecule has 0 aliphatic heterocycles. The molecule has 2 aromatic carbocycles. The van der Waals surface area contributed by atoms with E-state index < -0.39 is 15.8 Å². The molecular formula is C14H14ClFN2O2S. The molecule has 0 atom stereocenters. The number of benzene rings is 2. The van der Waals surface area contributed by atoms with Crippen LogP contribution in [0.3, 0.4) is 0 Å². The lowest BCUT2D eigenvalue weighted by Crippen LogP contribution is -2.15. The normalized spacial score (nSPS) is 11.4. The highest BCUT2D eigenvalue weighted by Gasteiger charge is 2.13. The van der Waals surface area contributed by atoms with Crippen LogP contribution < -0.4 is 10.5 Å². The molecule has 0 saturated heterocycles. The molecule has 0 heterocycles. The van der Waals surface area contributed by atoms with Crippen molar-refractivity contribution in [2.75, 3.05) is 4.72 Å². The lowest BCUT2D eigenvalue weighted by Gasteiger charge is -2.09. The highest BCUT2D eigenvalue weighted by molar-refractivity contribution is 7.91. The highest BCUT2D eigenvalue weighted by atomic mass is 35.5. The quantitative estimate of drug-likeness (QED) is 0.886. The van der Waals surface area contributed by atoms with E-state index in [9.17, 15) is 12.8 Å². The molecule has 112 valence electrons. The van der Waals surface area contributed by atoms with Gasteiger partial charge in [0.1, 0.15) is 5.82 Å². The lowest BCUT2D eigenvalue weighted by atomic mass is 10.1. The minimum atomic E-state index is -3.66. The Morgan fingerprint density at radius 1 is 1.14 bits per heavy atom. The maximum Gasteiger partial charge on any atom is 0.236 e. The molecule has 0 bridgehead atoms. The first-order chi connectivity index (χ1) is 9.88. The molecule has 3 N–H and O–H groups in total. The third-order valence-corrected chi connectivity index (χ3v) is 4.20. The van der Waals surface area contributed by atoms with E-state index in [0.29, 0.717) is 12.1 Å². The minimum absolute atomic E-state index is 0.0926. The first-order valence-electron chi connectivity index (χ1n) is 6.12. The van der Waals surface area contributed by atoms with E-state index in [2.05, 4.69) is 4.72 Å². The molecule has 2 rings (SSSR count). The second-order valence-corrected chi connectivity index (χ2v) is 6.70. The molecule has 7 heteroatoms. The largest absolute Gasteiger partial charge is 0.326 e. The van der Waals surface area contributed by atoms with Crippen molar-refractivity contribution in [2.24, 2.45) is 5.73 Å². The van der Waals surface area contributed by atoms with Gasteiger partial charge in [-0.2, -0.15) is 0 Å². The number of nitrogens with one attached hydrogen (secondary N) is 1. The average Bonchev–Trinajstić information content (AvgIpc) is 2.36. The van der Waals surface area contributed by atoms with Gasteiger partial charge in [-0.15, -0.1) is 0 Å². The Balaban J connectivity index is 2.18. The van der Waals surface area contributed by atoms with Crippen molar-refractivity contribution >= 4 is 27.3 Å². The number of halogens is 2. The monoisotopic (exact) mass is 328 g/mol. The van der Waals surface area contributed by atoms with Crippen LogP contribution in [0.25, 0.3) is 0 Å². The van der Waals surface area contributed by atoms with Gasteiger partial charge in [0.15, 0.2) is 0 Å². The molecule has 0 unspecified atom stereocenters. The summed E-state index contributed by atoms with van der Waals surface area (Å²) in [5, 5.41) is 0.123. The molecule has 4 nitrogen and oxygen atoms in total. The van der Waals surface area contributed by atoms with Crippen molar-refractivity contribution in [3.8, 4) is 0 Å². The van der Waals surface area contributed by atoms with Crippen molar-refractivity contribution in [3.63, 3.8) is 0 Å². The van der Waals surface area contributed by atoms with Crippen LogP contribution in [0.4, 0.5) is 10.1 Å². The van der Waals surface area contributed by atoms with Crippen molar-refractivity contribution in [1.29, 1.82) is 0 Å². The summed E-state index contributed by atoms with van der Waals surface area (Å²) in [7, 11) is -3.66. The highest BCUT2D eigenvalue weighted by Crippen LogP contribution is 2.20. The molecule has 2 aromatic rings. The van der Waals surface area contributed by atoms with E-state index >= 15 is 0 Å². The first-order valence-corrected chi connectivity index (χ1v) is 8.15. The van der Waals surface area contributed by atoms with Gasteiger partial charge in [-0.05, 0) is 29.3 Å². The van der Waals surface area contributed by atoms with Gasteiger partial charge in [-0.1, -0.05) is 35.9 Å². The Bertz CT molecular complexity index is 730.